The maximum Gasteiger partial charge on any atom is 0.460 e. The van der Waals surface area contributed by atoms with Gasteiger partial charge in [-0.15, -0.1) is 26.3 Å². The van der Waals surface area contributed by atoms with Crippen molar-refractivity contribution >= 4 is 0 Å². The third-order valence-corrected chi connectivity index (χ3v) is 11.0. The van der Waals surface area contributed by atoms with Gasteiger partial charge in [-0.3, -0.25) is 0 Å². The third kappa shape index (κ3) is 12.3. The molecule has 0 heterocycles. The standard InChI is InChI=1S/C19H13F21.C15H13F13.4C2H6/c1-3-7-5-8(4-2)9(6-7)10(20,21)11(22,23)12(24,25)13(26,27)14(28,29)15(30,31)16(32,33)17(34,35)18(36,37)19(38,39)40;1-3-7-5-8(4-2)9(6-7)10(16,17)11(18,19)12(20,21)13(22,23)14(24,25)15(26,27)28;4*1-2/h3-4,7-9H,1-2,5-6H2;3-4,7-9H,1-2,5-6H2;4*1-2H3. The van der Waals surface area contributed by atoms with Crippen molar-refractivity contribution in [2.45, 2.75) is 176 Å². The van der Waals surface area contributed by atoms with Crippen molar-refractivity contribution in [3.05, 3.63) is 50.6 Å². The molecule has 6 atom stereocenters. The summed E-state index contributed by atoms with van der Waals surface area (Å²) in [5, 5.41) is 0. The van der Waals surface area contributed by atoms with Crippen molar-refractivity contribution in [1.82, 2.24) is 0 Å². The van der Waals surface area contributed by atoms with Gasteiger partial charge < -0.3 is 0 Å². The van der Waals surface area contributed by atoms with Gasteiger partial charge in [0.05, 0.1) is 0 Å². The van der Waals surface area contributed by atoms with E-state index in [0.717, 1.165) is 12.2 Å². The molecular formula is C42H50F34. The van der Waals surface area contributed by atoms with Crippen molar-refractivity contribution in [2.75, 3.05) is 0 Å². The minimum Gasteiger partial charge on any atom is -0.199 e. The van der Waals surface area contributed by atoms with Crippen molar-refractivity contribution in [1.29, 1.82) is 0 Å². The third-order valence-electron chi connectivity index (χ3n) is 11.0. The fourth-order valence-corrected chi connectivity index (χ4v) is 6.78. The van der Waals surface area contributed by atoms with Crippen LogP contribution in [-0.2, 0) is 0 Å². The van der Waals surface area contributed by atoms with Gasteiger partial charge in [0.1, 0.15) is 0 Å². The van der Waals surface area contributed by atoms with Crippen LogP contribution >= 0.6 is 0 Å². The van der Waals surface area contributed by atoms with Gasteiger partial charge in [0.25, 0.3) is 0 Å². The smallest absolute Gasteiger partial charge is 0.199 e. The Bertz CT molecular complexity index is 1820. The quantitative estimate of drug-likeness (QED) is 0.0948. The first kappa shape index (κ1) is 79.1. The Kier molecular flexibility index (Phi) is 26.4. The van der Waals surface area contributed by atoms with E-state index in [9.17, 15) is 149 Å². The van der Waals surface area contributed by atoms with E-state index in [4.69, 9.17) is 0 Å². The van der Waals surface area contributed by atoms with Crippen LogP contribution in [0.5, 0.6) is 0 Å². The molecule has 0 aromatic carbocycles. The van der Waals surface area contributed by atoms with E-state index in [1.54, 1.807) is 0 Å². The van der Waals surface area contributed by atoms with E-state index < -0.39 is 150 Å². The van der Waals surface area contributed by atoms with Gasteiger partial charge in [0, 0.05) is 11.8 Å². The lowest BCUT2D eigenvalue weighted by atomic mass is 9.80. The average molecular weight is 1200 g/mol. The van der Waals surface area contributed by atoms with Crippen LogP contribution in [-0.4, -0.2) is 95.3 Å². The summed E-state index contributed by atoms with van der Waals surface area (Å²) in [6, 6.07) is 0. The highest BCUT2D eigenvalue weighted by Gasteiger charge is 2.98. The van der Waals surface area contributed by atoms with Gasteiger partial charge in [-0.25, -0.2) is 0 Å². The van der Waals surface area contributed by atoms with Crippen LogP contribution in [0.3, 0.4) is 0 Å². The maximum atomic E-state index is 14.5. The minimum absolute atomic E-state index is 0.357. The van der Waals surface area contributed by atoms with Crippen LogP contribution in [0.25, 0.3) is 0 Å². The lowest BCUT2D eigenvalue weighted by Gasteiger charge is -2.45. The molecule has 0 aliphatic heterocycles. The van der Waals surface area contributed by atoms with Gasteiger partial charge in [-0.1, -0.05) is 79.7 Å². The Hall–Kier alpha value is -3.42. The van der Waals surface area contributed by atoms with Crippen LogP contribution in [0.2, 0.25) is 0 Å². The number of allylic oxidation sites excluding steroid dienone is 4. The molecule has 2 aliphatic carbocycles. The molecule has 76 heavy (non-hydrogen) atoms. The van der Waals surface area contributed by atoms with Gasteiger partial charge in [-0.05, 0) is 49.4 Å². The molecule has 0 saturated heterocycles. The van der Waals surface area contributed by atoms with E-state index in [1.807, 2.05) is 55.4 Å². The normalized spacial score (nSPS) is 22.1. The zero-order valence-electron chi connectivity index (χ0n) is 40.3. The lowest BCUT2D eigenvalue weighted by molar-refractivity contribution is -0.475. The second-order valence-electron chi connectivity index (χ2n) is 15.1. The summed E-state index contributed by atoms with van der Waals surface area (Å²) in [4.78, 5) is 0. The number of alkyl halides is 34. The Balaban J connectivity index is -0.000000629. The first-order valence-electron chi connectivity index (χ1n) is 21.4. The van der Waals surface area contributed by atoms with Crippen LogP contribution < -0.4 is 0 Å². The minimum atomic E-state index is -9.17. The SMILES string of the molecule is C=CC1CC(C=C)C(C(F)(F)C(F)(F)C(F)(F)C(F)(F)C(F)(F)C(F)(F)C(F)(F)C(F)(F)C(F)(F)C(F)(F)F)C1.C=CC1CC(C=C)C(C(F)(F)C(F)(F)C(F)(F)C(F)(F)C(F)(F)C(F)(F)F)C1.CC.CC.CC.CC. The van der Waals surface area contributed by atoms with Crippen LogP contribution in [0.4, 0.5) is 149 Å². The molecule has 2 fully saturated rings. The molecular weight excluding hydrogens is 1150 g/mol. The molecule has 0 amide bonds. The summed E-state index contributed by atoms with van der Waals surface area (Å²) in [5.74, 6) is -125. The zero-order valence-corrected chi connectivity index (χ0v) is 40.3. The Labute approximate surface area is 412 Å². The van der Waals surface area contributed by atoms with E-state index >= 15 is 0 Å². The number of halogens is 34. The number of rotatable bonds is 18. The van der Waals surface area contributed by atoms with Crippen LogP contribution in [0.15, 0.2) is 50.6 Å². The fraction of sp³-hybridized carbons (Fsp3) is 0.810. The number of hydrogen-bond donors (Lipinski definition) is 0. The molecule has 0 aromatic rings. The van der Waals surface area contributed by atoms with E-state index in [0.29, 0.717) is 12.2 Å². The zero-order chi connectivity index (χ0) is 63.1. The molecule has 0 nitrogen and oxygen atoms in total. The van der Waals surface area contributed by atoms with Crippen molar-refractivity contribution < 1.29 is 149 Å². The monoisotopic (exact) mass is 1200 g/mol. The summed E-state index contributed by atoms with van der Waals surface area (Å²) in [6.07, 6.45) is -15.9. The Morgan fingerprint density at radius 3 is 0.539 bits per heavy atom. The van der Waals surface area contributed by atoms with Crippen LogP contribution in [0, 0.1) is 35.5 Å². The first-order chi connectivity index (χ1) is 33.5. The lowest BCUT2D eigenvalue weighted by Crippen LogP contribution is -2.77. The highest BCUT2D eigenvalue weighted by Crippen LogP contribution is 2.68. The van der Waals surface area contributed by atoms with Gasteiger partial charge in [-0.2, -0.15) is 149 Å². The molecule has 2 saturated carbocycles. The fourth-order valence-electron chi connectivity index (χ4n) is 6.78. The Morgan fingerprint density at radius 2 is 0.395 bits per heavy atom. The van der Waals surface area contributed by atoms with Crippen molar-refractivity contribution in [3.8, 4) is 0 Å². The first-order valence-corrected chi connectivity index (χ1v) is 21.4. The molecule has 0 N–H and O–H groups in total. The topological polar surface area (TPSA) is 0 Å². The van der Waals surface area contributed by atoms with Crippen molar-refractivity contribution in [3.63, 3.8) is 0 Å². The summed E-state index contributed by atoms with van der Waals surface area (Å²) in [6.45, 7) is 28.1. The van der Waals surface area contributed by atoms with E-state index in [-0.39, 0.29) is 6.42 Å². The summed E-state index contributed by atoms with van der Waals surface area (Å²) in [5.41, 5.74) is 0. The van der Waals surface area contributed by atoms with E-state index in [1.165, 1.54) is 0 Å². The molecule has 456 valence electrons. The average Bonchev–Trinajstić information content (AvgIpc) is 3.96. The predicted molar refractivity (Wildman–Crippen MR) is 207 cm³/mol. The largest absolute Gasteiger partial charge is 0.460 e. The maximum absolute atomic E-state index is 14.5. The van der Waals surface area contributed by atoms with Crippen molar-refractivity contribution in [2.24, 2.45) is 35.5 Å². The van der Waals surface area contributed by atoms with Gasteiger partial charge >= 0.3 is 95.3 Å². The molecule has 6 unspecified atom stereocenters. The molecule has 2 rings (SSSR count). The summed E-state index contributed by atoms with van der Waals surface area (Å²) in [7, 11) is 0. The molecule has 0 aromatic heterocycles. The molecule has 0 spiro atoms. The van der Waals surface area contributed by atoms with E-state index in [2.05, 4.69) is 26.3 Å². The molecule has 0 radical (unpaired) electrons. The molecule has 2 aliphatic rings. The summed E-state index contributed by atoms with van der Waals surface area (Å²) < 4.78 is 455. The second kappa shape index (κ2) is 25.4. The summed E-state index contributed by atoms with van der Waals surface area (Å²) >= 11 is 0. The van der Waals surface area contributed by atoms with Crippen LogP contribution in [0.1, 0.15) is 81.1 Å². The Morgan fingerprint density at radius 1 is 0.237 bits per heavy atom. The molecule has 0 bridgehead atoms. The second-order valence-corrected chi connectivity index (χ2v) is 15.1. The highest BCUT2D eigenvalue weighted by atomic mass is 19.4. The van der Waals surface area contributed by atoms with Gasteiger partial charge in [0.15, 0.2) is 0 Å². The van der Waals surface area contributed by atoms with Gasteiger partial charge in [0.2, 0.25) is 0 Å². The number of hydrogen-bond acceptors (Lipinski definition) is 0. The highest BCUT2D eigenvalue weighted by molar-refractivity contribution is 5.20. The molecule has 34 heteroatoms. The predicted octanol–water partition coefficient (Wildman–Crippen LogP) is 20.1.